The van der Waals surface area contributed by atoms with E-state index < -0.39 is 11.9 Å². The molecule has 114 valence electrons. The minimum atomic E-state index is -0.556. The average Bonchev–Trinajstić information content (AvgIpc) is 2.53. The summed E-state index contributed by atoms with van der Waals surface area (Å²) in [6.45, 7) is 1.94. The first-order valence-electron chi connectivity index (χ1n) is 6.59. The highest BCUT2D eigenvalue weighted by Gasteiger charge is 2.14. The van der Waals surface area contributed by atoms with E-state index in [2.05, 4.69) is 9.47 Å². The standard InChI is InChI=1S/C17H16O5/c1-11-5-4-6-14(7-11)22-15-9-12(16(18)20-2)8-13(10-15)17(19)21-3/h4-10H,1-3H3. The van der Waals surface area contributed by atoms with Gasteiger partial charge < -0.3 is 14.2 Å². The van der Waals surface area contributed by atoms with Gasteiger partial charge in [-0.05, 0) is 42.8 Å². The van der Waals surface area contributed by atoms with Crippen molar-refractivity contribution in [2.24, 2.45) is 0 Å². The van der Waals surface area contributed by atoms with E-state index >= 15 is 0 Å². The maximum atomic E-state index is 11.7. The van der Waals surface area contributed by atoms with Crippen LogP contribution in [0.4, 0.5) is 0 Å². The predicted molar refractivity (Wildman–Crippen MR) is 80.4 cm³/mol. The van der Waals surface area contributed by atoms with Crippen LogP contribution in [0.15, 0.2) is 42.5 Å². The van der Waals surface area contributed by atoms with Crippen LogP contribution in [-0.2, 0) is 9.47 Å². The van der Waals surface area contributed by atoms with Crippen LogP contribution in [0.1, 0.15) is 26.3 Å². The van der Waals surface area contributed by atoms with Crippen LogP contribution in [0, 0.1) is 6.92 Å². The highest BCUT2D eigenvalue weighted by Crippen LogP contribution is 2.25. The summed E-state index contributed by atoms with van der Waals surface area (Å²) < 4.78 is 15.1. The highest BCUT2D eigenvalue weighted by molar-refractivity contribution is 5.96. The third-order valence-electron chi connectivity index (χ3n) is 2.97. The topological polar surface area (TPSA) is 61.8 Å². The lowest BCUT2D eigenvalue weighted by atomic mass is 10.1. The van der Waals surface area contributed by atoms with Crippen molar-refractivity contribution in [1.29, 1.82) is 0 Å². The molecule has 2 aromatic carbocycles. The minimum absolute atomic E-state index is 0.216. The number of ether oxygens (including phenoxy) is 3. The Labute approximate surface area is 128 Å². The van der Waals surface area contributed by atoms with Gasteiger partial charge in [-0.25, -0.2) is 9.59 Å². The lowest BCUT2D eigenvalue weighted by Gasteiger charge is -2.10. The van der Waals surface area contributed by atoms with Gasteiger partial charge in [0.1, 0.15) is 11.5 Å². The second kappa shape index (κ2) is 6.76. The van der Waals surface area contributed by atoms with E-state index in [4.69, 9.17) is 4.74 Å². The summed E-state index contributed by atoms with van der Waals surface area (Å²) in [4.78, 5) is 23.4. The molecule has 22 heavy (non-hydrogen) atoms. The zero-order valence-corrected chi connectivity index (χ0v) is 12.6. The number of hydrogen-bond acceptors (Lipinski definition) is 5. The van der Waals surface area contributed by atoms with Gasteiger partial charge in [0.2, 0.25) is 0 Å². The van der Waals surface area contributed by atoms with Gasteiger partial charge in [-0.2, -0.15) is 0 Å². The highest BCUT2D eigenvalue weighted by atomic mass is 16.5. The first-order valence-corrected chi connectivity index (χ1v) is 6.59. The van der Waals surface area contributed by atoms with Crippen LogP contribution in [0.3, 0.4) is 0 Å². The van der Waals surface area contributed by atoms with Crippen molar-refractivity contribution in [2.45, 2.75) is 6.92 Å². The van der Waals surface area contributed by atoms with Crippen LogP contribution < -0.4 is 4.74 Å². The third kappa shape index (κ3) is 3.63. The Morgan fingerprint density at radius 2 is 1.41 bits per heavy atom. The van der Waals surface area contributed by atoms with Gasteiger partial charge in [-0.15, -0.1) is 0 Å². The van der Waals surface area contributed by atoms with Gasteiger partial charge in [0.25, 0.3) is 0 Å². The largest absolute Gasteiger partial charge is 0.465 e. The van der Waals surface area contributed by atoms with Crippen molar-refractivity contribution in [3.8, 4) is 11.5 Å². The summed E-state index contributed by atoms with van der Waals surface area (Å²) in [5.41, 5.74) is 1.47. The van der Waals surface area contributed by atoms with E-state index in [1.54, 1.807) is 6.07 Å². The molecule has 0 aliphatic carbocycles. The zero-order chi connectivity index (χ0) is 16.1. The Morgan fingerprint density at radius 1 is 0.818 bits per heavy atom. The number of benzene rings is 2. The lowest BCUT2D eigenvalue weighted by molar-refractivity contribution is 0.0598. The number of esters is 2. The number of carbonyl (C=O) groups excluding carboxylic acids is 2. The fourth-order valence-corrected chi connectivity index (χ4v) is 1.94. The molecule has 0 unspecified atom stereocenters. The van der Waals surface area contributed by atoms with Gasteiger partial charge in [0.05, 0.1) is 25.3 Å². The molecule has 0 aromatic heterocycles. The van der Waals surface area contributed by atoms with Crippen LogP contribution >= 0.6 is 0 Å². The Bertz CT molecular complexity index is 672. The minimum Gasteiger partial charge on any atom is -0.465 e. The molecule has 0 spiro atoms. The first kappa shape index (κ1) is 15.6. The molecular weight excluding hydrogens is 284 g/mol. The van der Waals surface area contributed by atoms with Crippen LogP contribution in [-0.4, -0.2) is 26.2 Å². The number of hydrogen-bond donors (Lipinski definition) is 0. The summed E-state index contributed by atoms with van der Waals surface area (Å²) in [5, 5.41) is 0. The summed E-state index contributed by atoms with van der Waals surface area (Å²) >= 11 is 0. The average molecular weight is 300 g/mol. The summed E-state index contributed by atoms with van der Waals surface area (Å²) in [6.07, 6.45) is 0. The molecule has 5 heteroatoms. The second-order valence-electron chi connectivity index (χ2n) is 4.65. The SMILES string of the molecule is COC(=O)c1cc(Oc2cccc(C)c2)cc(C(=O)OC)c1. The third-order valence-corrected chi connectivity index (χ3v) is 2.97. The lowest BCUT2D eigenvalue weighted by Crippen LogP contribution is -2.07. The molecule has 0 fully saturated rings. The fraction of sp³-hybridized carbons (Fsp3) is 0.176. The quantitative estimate of drug-likeness (QED) is 0.810. The van der Waals surface area contributed by atoms with E-state index in [1.807, 2.05) is 25.1 Å². The molecule has 0 heterocycles. The van der Waals surface area contributed by atoms with Crippen molar-refractivity contribution in [1.82, 2.24) is 0 Å². The predicted octanol–water partition coefficient (Wildman–Crippen LogP) is 3.36. The molecule has 0 N–H and O–H groups in total. The second-order valence-corrected chi connectivity index (χ2v) is 4.65. The van der Waals surface area contributed by atoms with Crippen molar-refractivity contribution in [3.63, 3.8) is 0 Å². The molecule has 0 atom stereocenters. The molecule has 2 aromatic rings. The number of methoxy groups -OCH3 is 2. The van der Waals surface area contributed by atoms with Gasteiger partial charge >= 0.3 is 11.9 Å². The van der Waals surface area contributed by atoms with Crippen molar-refractivity contribution in [2.75, 3.05) is 14.2 Å². The van der Waals surface area contributed by atoms with E-state index in [0.29, 0.717) is 11.5 Å². The van der Waals surface area contributed by atoms with E-state index in [0.717, 1.165) is 5.56 Å². The summed E-state index contributed by atoms with van der Waals surface area (Å²) in [7, 11) is 2.54. The molecule has 0 saturated carbocycles. The number of aryl methyl sites for hydroxylation is 1. The van der Waals surface area contributed by atoms with Gasteiger partial charge in [-0.3, -0.25) is 0 Å². The molecule has 0 saturated heterocycles. The van der Waals surface area contributed by atoms with Crippen LogP contribution in [0.5, 0.6) is 11.5 Å². The molecule has 5 nitrogen and oxygen atoms in total. The zero-order valence-electron chi connectivity index (χ0n) is 12.6. The normalized spacial score (nSPS) is 9.95. The van der Waals surface area contributed by atoms with E-state index in [9.17, 15) is 9.59 Å². The van der Waals surface area contributed by atoms with Crippen molar-refractivity contribution < 1.29 is 23.8 Å². The molecule has 2 rings (SSSR count). The summed E-state index contributed by atoms with van der Waals surface area (Å²) in [6, 6.07) is 11.9. The molecule has 0 radical (unpaired) electrons. The maximum absolute atomic E-state index is 11.7. The number of rotatable bonds is 4. The molecule has 0 amide bonds. The Balaban J connectivity index is 2.41. The Morgan fingerprint density at radius 3 is 1.91 bits per heavy atom. The Kier molecular flexibility index (Phi) is 4.78. The molecule has 0 aliphatic heterocycles. The van der Waals surface area contributed by atoms with Gasteiger partial charge in [0.15, 0.2) is 0 Å². The first-order chi connectivity index (χ1) is 10.5. The smallest absolute Gasteiger partial charge is 0.338 e. The summed E-state index contributed by atoms with van der Waals surface area (Å²) in [5.74, 6) is -0.147. The fourth-order valence-electron chi connectivity index (χ4n) is 1.94. The van der Waals surface area contributed by atoms with Crippen molar-refractivity contribution >= 4 is 11.9 Å². The number of carbonyl (C=O) groups is 2. The Hall–Kier alpha value is -2.82. The monoisotopic (exact) mass is 300 g/mol. The van der Waals surface area contributed by atoms with Crippen LogP contribution in [0.25, 0.3) is 0 Å². The molecule has 0 bridgehead atoms. The van der Waals surface area contributed by atoms with E-state index in [1.165, 1.54) is 32.4 Å². The molecular formula is C17H16O5. The van der Waals surface area contributed by atoms with E-state index in [-0.39, 0.29) is 11.1 Å². The van der Waals surface area contributed by atoms with Crippen molar-refractivity contribution in [3.05, 3.63) is 59.2 Å². The maximum Gasteiger partial charge on any atom is 0.338 e. The van der Waals surface area contributed by atoms with Gasteiger partial charge in [0, 0.05) is 0 Å². The molecule has 0 aliphatic rings. The van der Waals surface area contributed by atoms with Gasteiger partial charge in [-0.1, -0.05) is 12.1 Å². The van der Waals surface area contributed by atoms with Crippen LogP contribution in [0.2, 0.25) is 0 Å².